The number of carbonyl (C=O) groups excluding carboxylic acids is 1. The third-order valence-electron chi connectivity index (χ3n) is 11.4. The van der Waals surface area contributed by atoms with Crippen molar-refractivity contribution in [2.24, 2.45) is 29.6 Å². The fourth-order valence-electron chi connectivity index (χ4n) is 9.23. The molecular weight excluding hydrogens is 526 g/mol. The molecule has 1 aliphatic heterocycles. The summed E-state index contributed by atoms with van der Waals surface area (Å²) >= 11 is 0. The average Bonchev–Trinajstić information content (AvgIpc) is 3.59. The molecule has 4 aliphatic rings. The van der Waals surface area contributed by atoms with Gasteiger partial charge in [0.2, 0.25) is 5.91 Å². The van der Waals surface area contributed by atoms with Crippen LogP contribution in [0.3, 0.4) is 0 Å². The molecule has 6 rings (SSSR count). The van der Waals surface area contributed by atoms with Gasteiger partial charge in [-0.25, -0.2) is 8.78 Å². The first-order valence-electron chi connectivity index (χ1n) is 17.1. The molecule has 42 heavy (non-hydrogen) atoms. The summed E-state index contributed by atoms with van der Waals surface area (Å²) in [6.07, 6.45) is 17.2. The lowest BCUT2D eigenvalue weighted by molar-refractivity contribution is -0.131. The normalized spacial score (nSPS) is 25.8. The highest BCUT2D eigenvalue weighted by atomic mass is 19.1. The van der Waals surface area contributed by atoms with Crippen molar-refractivity contribution in [3.05, 3.63) is 71.3 Å². The monoisotopic (exact) mass is 576 g/mol. The summed E-state index contributed by atoms with van der Waals surface area (Å²) in [4.78, 5) is 16.6. The van der Waals surface area contributed by atoms with E-state index in [-0.39, 0.29) is 23.5 Å². The molecule has 1 saturated heterocycles. The number of nitrogens with one attached hydrogen (secondary N) is 1. The molecule has 3 nitrogen and oxygen atoms in total. The molecule has 4 fully saturated rings. The van der Waals surface area contributed by atoms with E-state index in [1.807, 2.05) is 24.3 Å². The van der Waals surface area contributed by atoms with Crippen LogP contribution in [0.1, 0.15) is 107 Å². The standard InChI is InChI=1S/C37H50F2N2O/c38-31-18-13-26(14-19-31)33(27-15-20-32(39)21-16-27)12-7-23-41-24-30-17-22-35(34(30)25-41)40-37(42)36(28-8-3-1-4-9-28)29-10-5-2-6-11-29/h13-16,18-21,28-30,33-36H,1-12,17,22-25H2,(H,40,42)/t30-,34+,35+/m0/s1. The van der Waals surface area contributed by atoms with Gasteiger partial charge in [0.25, 0.3) is 0 Å². The van der Waals surface area contributed by atoms with Crippen molar-refractivity contribution in [2.75, 3.05) is 19.6 Å². The number of hydrogen-bond donors (Lipinski definition) is 1. The number of halogens is 2. The predicted octanol–water partition coefficient (Wildman–Crippen LogP) is 8.48. The van der Waals surface area contributed by atoms with Crippen LogP contribution in [-0.2, 0) is 4.79 Å². The summed E-state index contributed by atoms with van der Waals surface area (Å²) < 4.78 is 27.3. The molecule has 0 radical (unpaired) electrons. The van der Waals surface area contributed by atoms with Crippen LogP contribution in [0, 0.1) is 41.2 Å². The van der Waals surface area contributed by atoms with Gasteiger partial charge >= 0.3 is 0 Å². The predicted molar refractivity (Wildman–Crippen MR) is 165 cm³/mol. The highest BCUT2D eigenvalue weighted by molar-refractivity contribution is 5.79. The van der Waals surface area contributed by atoms with Gasteiger partial charge < -0.3 is 10.2 Å². The molecular formula is C37H50F2N2O. The molecule has 0 aromatic heterocycles. The number of fused-ring (bicyclic) bond motifs is 1. The van der Waals surface area contributed by atoms with Crippen molar-refractivity contribution in [1.82, 2.24) is 10.2 Å². The van der Waals surface area contributed by atoms with E-state index < -0.39 is 0 Å². The van der Waals surface area contributed by atoms with Gasteiger partial charge in [0.15, 0.2) is 0 Å². The lowest BCUT2D eigenvalue weighted by Crippen LogP contribution is -2.47. The van der Waals surface area contributed by atoms with E-state index in [2.05, 4.69) is 10.2 Å². The number of carbonyl (C=O) groups is 1. The minimum absolute atomic E-state index is 0.122. The van der Waals surface area contributed by atoms with Gasteiger partial charge in [-0.2, -0.15) is 0 Å². The second-order valence-electron chi connectivity index (χ2n) is 14.0. The summed E-state index contributed by atoms with van der Waals surface area (Å²) in [6, 6.07) is 13.9. The van der Waals surface area contributed by atoms with Crippen LogP contribution < -0.4 is 5.32 Å². The molecule has 1 N–H and O–H groups in total. The number of amides is 1. The number of benzene rings is 2. The number of rotatable bonds is 10. The van der Waals surface area contributed by atoms with Gasteiger partial charge in [0.05, 0.1) is 0 Å². The maximum absolute atomic E-state index is 14.0. The van der Waals surface area contributed by atoms with Crippen molar-refractivity contribution in [3.63, 3.8) is 0 Å². The number of hydrogen-bond acceptors (Lipinski definition) is 2. The van der Waals surface area contributed by atoms with Gasteiger partial charge in [0, 0.05) is 31.0 Å². The molecule has 3 atom stereocenters. The maximum Gasteiger partial charge on any atom is 0.223 e. The molecule has 5 heteroatoms. The molecule has 2 aromatic carbocycles. The molecule has 0 spiro atoms. The van der Waals surface area contributed by atoms with Crippen molar-refractivity contribution in [3.8, 4) is 0 Å². The molecule has 3 aliphatic carbocycles. The molecule has 0 unspecified atom stereocenters. The Bertz CT molecular complexity index is 1080. The Balaban J connectivity index is 1.05. The Morgan fingerprint density at radius 1 is 0.738 bits per heavy atom. The molecule has 228 valence electrons. The lowest BCUT2D eigenvalue weighted by Gasteiger charge is -2.37. The fraction of sp³-hybridized carbons (Fsp3) is 0.649. The minimum atomic E-state index is -0.231. The summed E-state index contributed by atoms with van der Waals surface area (Å²) in [6.45, 7) is 3.23. The SMILES string of the molecule is O=C(N[C@@H]1CC[C@H]2CN(CCCC(c3ccc(F)cc3)c3ccc(F)cc3)C[C@H]21)C(C1CCCCC1)C1CCCCC1. The summed E-state index contributed by atoms with van der Waals surface area (Å²) in [5.74, 6) is 2.72. The summed E-state index contributed by atoms with van der Waals surface area (Å²) in [7, 11) is 0. The quantitative estimate of drug-likeness (QED) is 0.308. The minimum Gasteiger partial charge on any atom is -0.353 e. The Kier molecular flexibility index (Phi) is 9.94. The third kappa shape index (κ3) is 7.09. The highest BCUT2D eigenvalue weighted by Crippen LogP contribution is 2.42. The third-order valence-corrected chi connectivity index (χ3v) is 11.4. The first kappa shape index (κ1) is 29.8. The van der Waals surface area contributed by atoms with E-state index in [1.165, 1.54) is 94.9 Å². The molecule has 3 saturated carbocycles. The van der Waals surface area contributed by atoms with Crippen LogP contribution in [0.4, 0.5) is 8.78 Å². The van der Waals surface area contributed by atoms with E-state index >= 15 is 0 Å². The lowest BCUT2D eigenvalue weighted by atomic mass is 9.69. The first-order chi connectivity index (χ1) is 20.5. The first-order valence-corrected chi connectivity index (χ1v) is 17.1. The van der Waals surface area contributed by atoms with E-state index in [4.69, 9.17) is 0 Å². The molecule has 2 aromatic rings. The average molecular weight is 577 g/mol. The van der Waals surface area contributed by atoms with Crippen LogP contribution in [0.15, 0.2) is 48.5 Å². The van der Waals surface area contributed by atoms with E-state index in [0.717, 1.165) is 50.0 Å². The summed E-state index contributed by atoms with van der Waals surface area (Å²) in [5.41, 5.74) is 2.16. The van der Waals surface area contributed by atoms with Crippen molar-refractivity contribution in [2.45, 2.75) is 102 Å². The maximum atomic E-state index is 14.0. The van der Waals surface area contributed by atoms with Gasteiger partial charge in [-0.1, -0.05) is 62.8 Å². The summed E-state index contributed by atoms with van der Waals surface area (Å²) in [5, 5.41) is 3.67. The van der Waals surface area contributed by atoms with Gasteiger partial charge in [-0.05, 0) is 117 Å². The van der Waals surface area contributed by atoms with Crippen LogP contribution >= 0.6 is 0 Å². The highest BCUT2D eigenvalue weighted by Gasteiger charge is 2.45. The molecule has 1 amide bonds. The van der Waals surface area contributed by atoms with Gasteiger partial charge in [0.1, 0.15) is 11.6 Å². The van der Waals surface area contributed by atoms with Crippen molar-refractivity contribution in [1.29, 1.82) is 0 Å². The van der Waals surface area contributed by atoms with Crippen LogP contribution in [0.2, 0.25) is 0 Å². The van der Waals surface area contributed by atoms with Gasteiger partial charge in [-0.15, -0.1) is 0 Å². The van der Waals surface area contributed by atoms with Crippen LogP contribution in [0.25, 0.3) is 0 Å². The van der Waals surface area contributed by atoms with Crippen LogP contribution in [-0.4, -0.2) is 36.5 Å². The Hall–Kier alpha value is -2.27. The zero-order chi connectivity index (χ0) is 28.9. The van der Waals surface area contributed by atoms with Crippen LogP contribution in [0.5, 0.6) is 0 Å². The smallest absolute Gasteiger partial charge is 0.223 e. The zero-order valence-corrected chi connectivity index (χ0v) is 25.3. The van der Waals surface area contributed by atoms with E-state index in [9.17, 15) is 13.6 Å². The largest absolute Gasteiger partial charge is 0.353 e. The van der Waals surface area contributed by atoms with Gasteiger partial charge in [-0.3, -0.25) is 4.79 Å². The zero-order valence-electron chi connectivity index (χ0n) is 25.3. The van der Waals surface area contributed by atoms with E-state index in [0.29, 0.717) is 35.6 Å². The number of nitrogens with zero attached hydrogens (tertiary/aromatic N) is 1. The fourth-order valence-corrected chi connectivity index (χ4v) is 9.23. The van der Waals surface area contributed by atoms with E-state index in [1.54, 1.807) is 0 Å². The number of likely N-dealkylation sites (tertiary alicyclic amines) is 1. The van der Waals surface area contributed by atoms with Crippen molar-refractivity contribution >= 4 is 5.91 Å². The second kappa shape index (κ2) is 14.0. The van der Waals surface area contributed by atoms with Crippen molar-refractivity contribution < 1.29 is 13.6 Å². The molecule has 0 bridgehead atoms. The Morgan fingerprint density at radius 2 is 1.29 bits per heavy atom. The Labute approximate surface area is 251 Å². The molecule has 1 heterocycles. The topological polar surface area (TPSA) is 32.3 Å². The Morgan fingerprint density at radius 3 is 1.83 bits per heavy atom. The second-order valence-corrected chi connectivity index (χ2v) is 14.0.